The van der Waals surface area contributed by atoms with Crippen LogP contribution >= 0.6 is 12.4 Å². The fourth-order valence-electron chi connectivity index (χ4n) is 2.38. The maximum Gasteiger partial charge on any atom is 0.251 e. The zero-order chi connectivity index (χ0) is 13.0. The highest BCUT2D eigenvalue weighted by molar-refractivity contribution is 5.94. The summed E-state index contributed by atoms with van der Waals surface area (Å²) in [4.78, 5) is 12.0. The summed E-state index contributed by atoms with van der Waals surface area (Å²) in [5.41, 5.74) is 7.71. The summed E-state index contributed by atoms with van der Waals surface area (Å²) < 4.78 is 0. The first-order valence-corrected chi connectivity index (χ1v) is 6.76. The summed E-state index contributed by atoms with van der Waals surface area (Å²) in [5, 5.41) is 3.05. The number of amides is 1. The molecule has 1 amide bonds. The van der Waals surface area contributed by atoms with Gasteiger partial charge >= 0.3 is 0 Å². The lowest BCUT2D eigenvalue weighted by atomic mass is 10.0. The topological polar surface area (TPSA) is 55.1 Å². The van der Waals surface area contributed by atoms with Gasteiger partial charge in [-0.1, -0.05) is 25.5 Å². The molecule has 1 aromatic carbocycles. The van der Waals surface area contributed by atoms with E-state index in [0.717, 1.165) is 17.7 Å². The van der Waals surface area contributed by atoms with Crippen LogP contribution < -0.4 is 11.1 Å². The molecule has 4 heteroatoms. The van der Waals surface area contributed by atoms with E-state index >= 15 is 0 Å². The molecular formula is C15H23ClN2O. The lowest BCUT2D eigenvalue weighted by molar-refractivity contribution is 0.0943. The van der Waals surface area contributed by atoms with Crippen LogP contribution in [0.1, 0.15) is 48.5 Å². The number of hydrogen-bond acceptors (Lipinski definition) is 2. The van der Waals surface area contributed by atoms with Crippen molar-refractivity contribution < 1.29 is 4.79 Å². The van der Waals surface area contributed by atoms with Gasteiger partial charge in [0.2, 0.25) is 0 Å². The van der Waals surface area contributed by atoms with Gasteiger partial charge in [-0.2, -0.15) is 0 Å². The molecule has 0 unspecified atom stereocenters. The molecular weight excluding hydrogens is 260 g/mol. The first-order valence-electron chi connectivity index (χ1n) is 6.76. The maximum atomic E-state index is 12.0. The second kappa shape index (κ2) is 6.92. The minimum atomic E-state index is 0. The number of nitrogens with one attached hydrogen (secondary N) is 1. The molecule has 19 heavy (non-hydrogen) atoms. The average molecular weight is 283 g/mol. The van der Waals surface area contributed by atoms with Crippen molar-refractivity contribution >= 4 is 18.3 Å². The van der Waals surface area contributed by atoms with E-state index in [1.165, 1.54) is 25.7 Å². The predicted octanol–water partition coefficient (Wildman–Crippen LogP) is 2.88. The highest BCUT2D eigenvalue weighted by Crippen LogP contribution is 2.48. The molecule has 0 bridgehead atoms. The maximum absolute atomic E-state index is 12.0. The first kappa shape index (κ1) is 16.0. The van der Waals surface area contributed by atoms with E-state index in [1.54, 1.807) is 0 Å². The fraction of sp³-hybridized carbons (Fsp3) is 0.533. The van der Waals surface area contributed by atoms with E-state index in [4.69, 9.17) is 5.73 Å². The highest BCUT2D eigenvalue weighted by Gasteiger charge is 2.41. The fourth-order valence-corrected chi connectivity index (χ4v) is 2.38. The highest BCUT2D eigenvalue weighted by atomic mass is 35.5. The minimum absolute atomic E-state index is 0. The molecule has 0 radical (unpaired) electrons. The van der Waals surface area contributed by atoms with Gasteiger partial charge in [0.05, 0.1) is 0 Å². The summed E-state index contributed by atoms with van der Waals surface area (Å²) in [6, 6.07) is 7.51. The molecule has 0 aromatic heterocycles. The lowest BCUT2D eigenvalue weighted by Crippen LogP contribution is -2.30. The Morgan fingerprint density at radius 3 is 2.42 bits per heavy atom. The Bertz CT molecular complexity index is 413. The molecule has 1 fully saturated rings. The van der Waals surface area contributed by atoms with Crippen LogP contribution in [0.5, 0.6) is 0 Å². The molecule has 1 aliphatic rings. The quantitative estimate of drug-likeness (QED) is 0.843. The van der Waals surface area contributed by atoms with Gasteiger partial charge in [-0.25, -0.2) is 0 Å². The Balaban J connectivity index is 0.00000180. The number of halogens is 1. The Morgan fingerprint density at radius 1 is 1.32 bits per heavy atom. The lowest BCUT2D eigenvalue weighted by Gasteiger charge is -2.14. The molecule has 1 saturated carbocycles. The van der Waals surface area contributed by atoms with Gasteiger partial charge in [0.1, 0.15) is 0 Å². The number of nitrogens with two attached hydrogens (primary N) is 1. The van der Waals surface area contributed by atoms with Crippen molar-refractivity contribution in [1.29, 1.82) is 0 Å². The molecule has 0 spiro atoms. The van der Waals surface area contributed by atoms with E-state index in [1.807, 2.05) is 24.3 Å². The number of carbonyl (C=O) groups excluding carboxylic acids is 1. The summed E-state index contributed by atoms with van der Waals surface area (Å²) in [7, 11) is 0. The smallest absolute Gasteiger partial charge is 0.251 e. The molecule has 2 rings (SSSR count). The summed E-state index contributed by atoms with van der Waals surface area (Å²) in [6.45, 7) is 3.53. The predicted molar refractivity (Wildman–Crippen MR) is 80.5 cm³/mol. The molecule has 1 aliphatic carbocycles. The Hall–Kier alpha value is -1.06. The van der Waals surface area contributed by atoms with Crippen molar-refractivity contribution in [2.45, 2.75) is 39.2 Å². The molecule has 3 N–H and O–H groups in total. The monoisotopic (exact) mass is 282 g/mol. The zero-order valence-corrected chi connectivity index (χ0v) is 12.3. The standard InChI is InChI=1S/C15H22N2O.ClH/c1-2-7-15(8-9-15)11-17-14(18)13-5-3-12(10-16)4-6-13;/h3-6H,2,7-11,16H2,1H3,(H,17,18);1H. The van der Waals surface area contributed by atoms with E-state index in [0.29, 0.717) is 12.0 Å². The zero-order valence-electron chi connectivity index (χ0n) is 11.4. The van der Waals surface area contributed by atoms with Crippen LogP contribution in [0.3, 0.4) is 0 Å². The number of rotatable bonds is 6. The van der Waals surface area contributed by atoms with Crippen molar-refractivity contribution in [2.24, 2.45) is 11.1 Å². The van der Waals surface area contributed by atoms with Crippen LogP contribution in [0.4, 0.5) is 0 Å². The van der Waals surface area contributed by atoms with Gasteiger partial charge in [0.25, 0.3) is 5.91 Å². The third-order valence-electron chi connectivity index (χ3n) is 3.81. The second-order valence-electron chi connectivity index (χ2n) is 5.33. The normalized spacial score (nSPS) is 15.5. The summed E-state index contributed by atoms with van der Waals surface area (Å²) >= 11 is 0. The van der Waals surface area contributed by atoms with Crippen molar-refractivity contribution in [2.75, 3.05) is 6.54 Å². The van der Waals surface area contributed by atoms with Crippen LogP contribution in [0.2, 0.25) is 0 Å². The van der Waals surface area contributed by atoms with Gasteiger partial charge in [0, 0.05) is 18.7 Å². The van der Waals surface area contributed by atoms with Crippen molar-refractivity contribution in [3.8, 4) is 0 Å². The molecule has 0 saturated heterocycles. The summed E-state index contributed by atoms with van der Waals surface area (Å²) in [5.74, 6) is 0.0287. The molecule has 3 nitrogen and oxygen atoms in total. The number of benzene rings is 1. The van der Waals surface area contributed by atoms with Crippen LogP contribution in [0.25, 0.3) is 0 Å². The van der Waals surface area contributed by atoms with Crippen LogP contribution in [0.15, 0.2) is 24.3 Å². The third-order valence-corrected chi connectivity index (χ3v) is 3.81. The summed E-state index contributed by atoms with van der Waals surface area (Å²) in [6.07, 6.45) is 4.93. The van der Waals surface area contributed by atoms with E-state index in [9.17, 15) is 4.79 Å². The minimum Gasteiger partial charge on any atom is -0.351 e. The molecule has 1 aromatic rings. The van der Waals surface area contributed by atoms with Crippen LogP contribution in [-0.4, -0.2) is 12.5 Å². The largest absolute Gasteiger partial charge is 0.351 e. The Labute approximate surface area is 121 Å². The Kier molecular flexibility index (Phi) is 5.83. The number of carbonyl (C=O) groups is 1. The molecule has 0 heterocycles. The molecule has 0 atom stereocenters. The Morgan fingerprint density at radius 2 is 1.95 bits per heavy atom. The molecule has 106 valence electrons. The van der Waals surface area contributed by atoms with E-state index in [2.05, 4.69) is 12.2 Å². The second-order valence-corrected chi connectivity index (χ2v) is 5.33. The third kappa shape index (κ3) is 4.22. The SMILES string of the molecule is CCCC1(CNC(=O)c2ccc(CN)cc2)CC1.Cl. The first-order chi connectivity index (χ1) is 8.69. The van der Waals surface area contributed by atoms with Gasteiger partial charge in [0.15, 0.2) is 0 Å². The van der Waals surface area contributed by atoms with Crippen LogP contribution in [0, 0.1) is 5.41 Å². The van der Waals surface area contributed by atoms with Crippen molar-refractivity contribution in [3.63, 3.8) is 0 Å². The average Bonchev–Trinajstić information content (AvgIpc) is 3.17. The number of hydrogen-bond donors (Lipinski definition) is 2. The molecule has 0 aliphatic heterocycles. The van der Waals surface area contributed by atoms with Gasteiger partial charge < -0.3 is 11.1 Å². The van der Waals surface area contributed by atoms with Crippen molar-refractivity contribution in [1.82, 2.24) is 5.32 Å². The van der Waals surface area contributed by atoms with Gasteiger partial charge in [-0.05, 0) is 42.4 Å². The van der Waals surface area contributed by atoms with Gasteiger partial charge in [-0.15, -0.1) is 12.4 Å². The van der Waals surface area contributed by atoms with Crippen LogP contribution in [-0.2, 0) is 6.54 Å². The van der Waals surface area contributed by atoms with Gasteiger partial charge in [-0.3, -0.25) is 4.79 Å². The van der Waals surface area contributed by atoms with E-state index < -0.39 is 0 Å². The van der Waals surface area contributed by atoms with Crippen molar-refractivity contribution in [3.05, 3.63) is 35.4 Å². The van der Waals surface area contributed by atoms with E-state index in [-0.39, 0.29) is 18.3 Å².